The van der Waals surface area contributed by atoms with Crippen LogP contribution in [0.15, 0.2) is 0 Å². The van der Waals surface area contributed by atoms with Crippen molar-refractivity contribution in [2.24, 2.45) is 17.2 Å². The molecular formula is C21H44N4O8. The van der Waals surface area contributed by atoms with E-state index in [1.165, 1.54) is 6.92 Å². The van der Waals surface area contributed by atoms with Gasteiger partial charge in [0.2, 0.25) is 0 Å². The van der Waals surface area contributed by atoms with E-state index in [1.54, 1.807) is 6.92 Å². The number of aliphatic hydroxyl groups excluding tert-OH is 5. The lowest BCUT2D eigenvalue weighted by atomic mass is 9.94. The summed E-state index contributed by atoms with van der Waals surface area (Å²) in [5, 5.41) is 54.0. The van der Waals surface area contributed by atoms with Gasteiger partial charge in [-0.05, 0) is 39.7 Å². The lowest BCUT2D eigenvalue weighted by Crippen LogP contribution is -2.64. The van der Waals surface area contributed by atoms with Crippen molar-refractivity contribution in [2.75, 3.05) is 13.1 Å². The molecule has 196 valence electrons. The van der Waals surface area contributed by atoms with E-state index in [4.69, 9.17) is 31.4 Å². The predicted octanol–water partition coefficient (Wildman–Crippen LogP) is -3.53. The number of nitrogens with one attached hydrogen (secondary N) is 1. The molecule has 12 N–H and O–H groups in total. The standard InChI is InChI=1S/C21H44N4O8/c1-4-5-25-11(7-13-16(27)17(28)14(8-22)32-13)6-12(23)10(3)31-21-15(24)18(29)19(30)20(33-21)9(2)26/h9-21,25-30H,4-8,22-24H2,1-3H3/t9-,10+,11?,12?,13?,14?,15?,16?,17?,18?,19?,20?,21?/m1/s1. The summed E-state index contributed by atoms with van der Waals surface area (Å²) in [5.74, 6) is 0. The lowest BCUT2D eigenvalue weighted by Gasteiger charge is -2.43. The number of aliphatic hydroxyl groups is 5. The summed E-state index contributed by atoms with van der Waals surface area (Å²) in [4.78, 5) is 0. The van der Waals surface area contributed by atoms with E-state index in [0.717, 1.165) is 13.0 Å². The predicted molar refractivity (Wildman–Crippen MR) is 120 cm³/mol. The maximum absolute atomic E-state index is 10.3. The van der Waals surface area contributed by atoms with Crippen LogP contribution in [0.4, 0.5) is 0 Å². The van der Waals surface area contributed by atoms with Gasteiger partial charge in [-0.1, -0.05) is 6.92 Å². The van der Waals surface area contributed by atoms with E-state index in [9.17, 15) is 25.5 Å². The van der Waals surface area contributed by atoms with Crippen LogP contribution in [0, 0.1) is 0 Å². The van der Waals surface area contributed by atoms with Crippen molar-refractivity contribution in [1.29, 1.82) is 0 Å². The first kappa shape index (κ1) is 28.8. The minimum Gasteiger partial charge on any atom is -0.391 e. The van der Waals surface area contributed by atoms with E-state index in [0.29, 0.717) is 12.8 Å². The summed E-state index contributed by atoms with van der Waals surface area (Å²) in [6, 6.07) is -1.62. The number of hydrogen-bond donors (Lipinski definition) is 9. The van der Waals surface area contributed by atoms with Gasteiger partial charge >= 0.3 is 0 Å². The molecule has 13 atom stereocenters. The van der Waals surface area contributed by atoms with E-state index < -0.39 is 73.3 Å². The first-order chi connectivity index (χ1) is 15.5. The second-order valence-electron chi connectivity index (χ2n) is 9.33. The quantitative estimate of drug-likeness (QED) is 0.133. The Morgan fingerprint density at radius 3 is 2.18 bits per heavy atom. The molecule has 0 spiro atoms. The van der Waals surface area contributed by atoms with Crippen molar-refractivity contribution in [3.05, 3.63) is 0 Å². The molecule has 0 aliphatic carbocycles. The molecule has 2 saturated heterocycles. The van der Waals surface area contributed by atoms with E-state index in [1.807, 2.05) is 6.92 Å². The average Bonchev–Trinajstić information content (AvgIpc) is 3.04. The molecule has 33 heavy (non-hydrogen) atoms. The molecule has 12 heteroatoms. The third kappa shape index (κ3) is 7.26. The van der Waals surface area contributed by atoms with Crippen LogP contribution in [0.25, 0.3) is 0 Å². The van der Waals surface area contributed by atoms with Crippen molar-refractivity contribution >= 4 is 0 Å². The Morgan fingerprint density at radius 2 is 1.64 bits per heavy atom. The van der Waals surface area contributed by atoms with Crippen molar-refractivity contribution in [1.82, 2.24) is 5.32 Å². The third-order valence-corrected chi connectivity index (χ3v) is 6.56. The summed E-state index contributed by atoms with van der Waals surface area (Å²) in [7, 11) is 0. The Bertz CT molecular complexity index is 576. The molecule has 0 aromatic rings. The molecule has 0 aromatic carbocycles. The van der Waals surface area contributed by atoms with Crippen molar-refractivity contribution in [3.63, 3.8) is 0 Å². The molecule has 2 aliphatic heterocycles. The Labute approximate surface area is 195 Å². The molecule has 2 fully saturated rings. The van der Waals surface area contributed by atoms with Crippen LogP contribution in [0.3, 0.4) is 0 Å². The Balaban J connectivity index is 1.98. The van der Waals surface area contributed by atoms with Crippen LogP contribution in [-0.4, -0.2) is 118 Å². The summed E-state index contributed by atoms with van der Waals surface area (Å²) < 4.78 is 17.2. The van der Waals surface area contributed by atoms with E-state index >= 15 is 0 Å². The highest BCUT2D eigenvalue weighted by molar-refractivity contribution is 4.95. The first-order valence-corrected chi connectivity index (χ1v) is 11.8. The molecule has 12 nitrogen and oxygen atoms in total. The summed E-state index contributed by atoms with van der Waals surface area (Å²) in [5.41, 5.74) is 18.0. The topological polar surface area (TPSA) is 219 Å². The second-order valence-corrected chi connectivity index (χ2v) is 9.33. The summed E-state index contributed by atoms with van der Waals surface area (Å²) >= 11 is 0. The van der Waals surface area contributed by atoms with Crippen LogP contribution >= 0.6 is 0 Å². The molecular weight excluding hydrogens is 436 g/mol. The fraction of sp³-hybridized carbons (Fsp3) is 1.00. The summed E-state index contributed by atoms with van der Waals surface area (Å²) in [6.45, 7) is 6.07. The van der Waals surface area contributed by atoms with Crippen LogP contribution in [0.5, 0.6) is 0 Å². The van der Waals surface area contributed by atoms with Crippen molar-refractivity contribution in [2.45, 2.75) is 119 Å². The van der Waals surface area contributed by atoms with Crippen LogP contribution in [-0.2, 0) is 14.2 Å². The highest BCUT2D eigenvalue weighted by Crippen LogP contribution is 2.27. The van der Waals surface area contributed by atoms with Gasteiger partial charge in [0.1, 0.15) is 30.5 Å². The Hall–Kier alpha value is -0.480. The SMILES string of the molecule is CCCNC(CC1OC(CN)C(O)C1O)CC(N)[C@H](C)OC1OC([C@@H](C)O)C(O)C(O)C1N. The first-order valence-electron chi connectivity index (χ1n) is 11.8. The number of hydrogen-bond acceptors (Lipinski definition) is 12. The minimum absolute atomic E-state index is 0.113. The zero-order chi connectivity index (χ0) is 24.9. The monoisotopic (exact) mass is 480 g/mol. The molecule has 0 radical (unpaired) electrons. The van der Waals surface area contributed by atoms with Gasteiger partial charge in [0.25, 0.3) is 0 Å². The summed E-state index contributed by atoms with van der Waals surface area (Å²) in [6.07, 6.45) is -7.83. The Kier molecular flexibility index (Phi) is 11.3. The van der Waals surface area contributed by atoms with Gasteiger partial charge in [-0.25, -0.2) is 0 Å². The largest absolute Gasteiger partial charge is 0.391 e. The average molecular weight is 481 g/mol. The van der Waals surface area contributed by atoms with Crippen LogP contribution < -0.4 is 22.5 Å². The van der Waals surface area contributed by atoms with E-state index in [-0.39, 0.29) is 12.6 Å². The van der Waals surface area contributed by atoms with Gasteiger partial charge in [0, 0.05) is 18.6 Å². The number of ether oxygens (including phenoxy) is 3. The molecule has 0 saturated carbocycles. The molecule has 0 bridgehead atoms. The molecule has 2 rings (SSSR count). The molecule has 2 heterocycles. The zero-order valence-corrected chi connectivity index (χ0v) is 19.7. The van der Waals surface area contributed by atoms with Gasteiger partial charge < -0.3 is 62.3 Å². The third-order valence-electron chi connectivity index (χ3n) is 6.56. The fourth-order valence-corrected chi connectivity index (χ4v) is 4.37. The Morgan fingerprint density at radius 1 is 1.00 bits per heavy atom. The van der Waals surface area contributed by atoms with Crippen LogP contribution in [0.2, 0.25) is 0 Å². The zero-order valence-electron chi connectivity index (χ0n) is 19.7. The van der Waals surface area contributed by atoms with Gasteiger partial charge in [0.15, 0.2) is 6.29 Å². The van der Waals surface area contributed by atoms with Gasteiger partial charge in [-0.2, -0.15) is 0 Å². The molecule has 11 unspecified atom stereocenters. The maximum Gasteiger partial charge on any atom is 0.176 e. The number of nitrogens with two attached hydrogens (primary N) is 3. The normalized spacial score (nSPS) is 41.0. The van der Waals surface area contributed by atoms with Crippen molar-refractivity contribution in [3.8, 4) is 0 Å². The highest BCUT2D eigenvalue weighted by atomic mass is 16.7. The van der Waals surface area contributed by atoms with Crippen LogP contribution in [0.1, 0.15) is 40.0 Å². The van der Waals surface area contributed by atoms with Gasteiger partial charge in [-0.15, -0.1) is 0 Å². The fourth-order valence-electron chi connectivity index (χ4n) is 4.37. The lowest BCUT2D eigenvalue weighted by molar-refractivity contribution is -0.286. The van der Waals surface area contributed by atoms with Gasteiger partial charge in [-0.3, -0.25) is 0 Å². The van der Waals surface area contributed by atoms with E-state index in [2.05, 4.69) is 5.32 Å². The molecule has 0 aromatic heterocycles. The maximum atomic E-state index is 10.3. The smallest absolute Gasteiger partial charge is 0.176 e. The molecule has 2 aliphatic rings. The highest BCUT2D eigenvalue weighted by Gasteiger charge is 2.46. The number of rotatable bonds is 12. The molecule has 0 amide bonds. The van der Waals surface area contributed by atoms with Gasteiger partial charge in [0.05, 0.1) is 30.5 Å². The second kappa shape index (κ2) is 13.0. The van der Waals surface area contributed by atoms with Crippen molar-refractivity contribution < 1.29 is 39.7 Å². The minimum atomic E-state index is -1.34.